The van der Waals surface area contributed by atoms with Gasteiger partial charge in [0, 0.05) is 24.3 Å². The molecule has 0 spiro atoms. The van der Waals surface area contributed by atoms with E-state index in [2.05, 4.69) is 9.82 Å². The van der Waals surface area contributed by atoms with Crippen LogP contribution in [0.2, 0.25) is 5.02 Å². The minimum Gasteiger partial charge on any atom is -0.271 e. The average molecular weight is 328 g/mol. The van der Waals surface area contributed by atoms with Crippen molar-refractivity contribution in [2.24, 2.45) is 0 Å². The fraction of sp³-hybridized carbons (Fsp3) is 0.357. The van der Waals surface area contributed by atoms with E-state index in [1.165, 1.54) is 0 Å². The first-order valence-corrected chi connectivity index (χ1v) is 8.56. The van der Waals surface area contributed by atoms with Crippen molar-refractivity contribution in [1.82, 2.24) is 14.5 Å². The van der Waals surface area contributed by atoms with Crippen molar-refractivity contribution in [2.75, 3.05) is 6.54 Å². The summed E-state index contributed by atoms with van der Waals surface area (Å²) < 4.78 is 28.7. The second-order valence-corrected chi connectivity index (χ2v) is 6.88. The highest BCUT2D eigenvalue weighted by atomic mass is 35.5. The molecule has 0 saturated heterocycles. The summed E-state index contributed by atoms with van der Waals surface area (Å²) in [7, 11) is -3.52. The molecule has 0 amide bonds. The van der Waals surface area contributed by atoms with Gasteiger partial charge in [0.1, 0.15) is 4.90 Å². The summed E-state index contributed by atoms with van der Waals surface area (Å²) in [5.41, 5.74) is 1.54. The van der Waals surface area contributed by atoms with Crippen LogP contribution in [0.1, 0.15) is 18.2 Å². The number of nitrogens with zero attached hydrogens (tertiary/aromatic N) is 2. The molecule has 0 bridgehead atoms. The molecule has 1 heterocycles. The van der Waals surface area contributed by atoms with Crippen molar-refractivity contribution >= 4 is 21.6 Å². The molecule has 5 nitrogen and oxygen atoms in total. The zero-order chi connectivity index (χ0) is 15.5. The van der Waals surface area contributed by atoms with Gasteiger partial charge in [0.25, 0.3) is 0 Å². The lowest BCUT2D eigenvalue weighted by Gasteiger charge is -2.06. The Morgan fingerprint density at radius 2 is 1.95 bits per heavy atom. The summed E-state index contributed by atoms with van der Waals surface area (Å²) in [5.74, 6) is 0. The van der Waals surface area contributed by atoms with Gasteiger partial charge in [-0.15, -0.1) is 0 Å². The van der Waals surface area contributed by atoms with E-state index in [-0.39, 0.29) is 4.90 Å². The summed E-state index contributed by atoms with van der Waals surface area (Å²) in [6, 6.07) is 7.36. The van der Waals surface area contributed by atoms with E-state index in [1.54, 1.807) is 29.9 Å². The molecule has 1 aromatic heterocycles. The predicted molar refractivity (Wildman–Crippen MR) is 83.0 cm³/mol. The third-order valence-corrected chi connectivity index (χ3v) is 4.95. The number of hydrogen-bond donors (Lipinski definition) is 1. The predicted octanol–water partition coefficient (Wildman–Crippen LogP) is 2.39. The third kappa shape index (κ3) is 4.06. The smallest absolute Gasteiger partial charge is 0.243 e. The van der Waals surface area contributed by atoms with Crippen molar-refractivity contribution in [3.63, 3.8) is 0 Å². The van der Waals surface area contributed by atoms with Gasteiger partial charge >= 0.3 is 0 Å². The molecule has 1 aromatic carbocycles. The highest BCUT2D eigenvalue weighted by Gasteiger charge is 2.19. The van der Waals surface area contributed by atoms with Crippen molar-refractivity contribution < 1.29 is 8.42 Å². The topological polar surface area (TPSA) is 64.0 Å². The van der Waals surface area contributed by atoms with Gasteiger partial charge in [-0.05, 0) is 38.0 Å². The van der Waals surface area contributed by atoms with Gasteiger partial charge in [0.2, 0.25) is 10.0 Å². The van der Waals surface area contributed by atoms with E-state index in [1.807, 2.05) is 19.1 Å². The highest BCUT2D eigenvalue weighted by molar-refractivity contribution is 7.89. The maximum Gasteiger partial charge on any atom is 0.243 e. The van der Waals surface area contributed by atoms with Gasteiger partial charge in [-0.2, -0.15) is 5.10 Å². The number of aromatic nitrogens is 2. The first kappa shape index (κ1) is 16.0. The standard InChI is InChI=1S/C14H18ClN3O2S/c1-3-18-10-14(11(2)17-18)21(19,20)16-9-8-12-4-6-13(15)7-5-12/h4-7,10,16H,3,8-9H2,1-2H3. The van der Waals surface area contributed by atoms with Crippen molar-refractivity contribution in [2.45, 2.75) is 31.7 Å². The maximum atomic E-state index is 12.2. The molecule has 0 aliphatic carbocycles. The van der Waals surface area contributed by atoms with Crippen molar-refractivity contribution in [3.05, 3.63) is 46.7 Å². The summed E-state index contributed by atoms with van der Waals surface area (Å²) in [6.07, 6.45) is 2.16. The van der Waals surface area contributed by atoms with Gasteiger partial charge < -0.3 is 0 Å². The molecule has 0 unspecified atom stereocenters. The van der Waals surface area contributed by atoms with E-state index in [0.29, 0.717) is 30.2 Å². The Morgan fingerprint density at radius 1 is 1.29 bits per heavy atom. The van der Waals surface area contributed by atoms with E-state index in [0.717, 1.165) is 5.56 Å². The van der Waals surface area contributed by atoms with Crippen LogP contribution in [-0.2, 0) is 23.0 Å². The van der Waals surface area contributed by atoms with E-state index >= 15 is 0 Å². The zero-order valence-corrected chi connectivity index (χ0v) is 13.6. The van der Waals surface area contributed by atoms with Gasteiger partial charge in [-0.25, -0.2) is 13.1 Å². The Balaban J connectivity index is 2.01. The van der Waals surface area contributed by atoms with E-state index in [4.69, 9.17) is 11.6 Å². The third-order valence-electron chi connectivity index (χ3n) is 3.13. The minimum absolute atomic E-state index is 0.237. The molecular weight excluding hydrogens is 310 g/mol. The van der Waals surface area contributed by atoms with Crippen LogP contribution in [0.25, 0.3) is 0 Å². The molecular formula is C14H18ClN3O2S. The van der Waals surface area contributed by atoms with E-state index < -0.39 is 10.0 Å². The molecule has 0 radical (unpaired) electrons. The number of benzene rings is 1. The second-order valence-electron chi connectivity index (χ2n) is 4.71. The number of halogens is 1. The molecule has 0 aliphatic rings. The van der Waals surface area contributed by atoms with Crippen LogP contribution in [-0.4, -0.2) is 24.7 Å². The van der Waals surface area contributed by atoms with Crippen LogP contribution in [0.3, 0.4) is 0 Å². The normalized spacial score (nSPS) is 11.8. The van der Waals surface area contributed by atoms with Crippen LogP contribution in [0, 0.1) is 6.92 Å². The molecule has 21 heavy (non-hydrogen) atoms. The lowest BCUT2D eigenvalue weighted by Crippen LogP contribution is -2.26. The molecule has 0 fully saturated rings. The molecule has 0 atom stereocenters. The Hall–Kier alpha value is -1.37. The summed E-state index contributed by atoms with van der Waals surface area (Å²) in [5, 5.41) is 4.82. The van der Waals surface area contributed by atoms with E-state index in [9.17, 15) is 8.42 Å². The SMILES string of the molecule is CCn1cc(S(=O)(=O)NCCc2ccc(Cl)cc2)c(C)n1. The summed E-state index contributed by atoms with van der Waals surface area (Å²) in [6.45, 7) is 4.58. The fourth-order valence-corrected chi connectivity index (χ4v) is 3.33. The van der Waals surface area contributed by atoms with Gasteiger partial charge in [0.05, 0.1) is 5.69 Å². The molecule has 7 heteroatoms. The van der Waals surface area contributed by atoms with Crippen LogP contribution in [0.4, 0.5) is 0 Å². The Morgan fingerprint density at radius 3 is 2.52 bits per heavy atom. The Bertz CT molecular complexity index is 708. The minimum atomic E-state index is -3.52. The molecule has 114 valence electrons. The Kier molecular flexibility index (Phi) is 5.03. The Labute approximate surface area is 130 Å². The highest BCUT2D eigenvalue weighted by Crippen LogP contribution is 2.13. The average Bonchev–Trinajstić information content (AvgIpc) is 2.83. The molecule has 2 aromatic rings. The first-order chi connectivity index (χ1) is 9.92. The van der Waals surface area contributed by atoms with Crippen LogP contribution < -0.4 is 4.72 Å². The van der Waals surface area contributed by atoms with Crippen molar-refractivity contribution in [1.29, 1.82) is 0 Å². The maximum absolute atomic E-state index is 12.2. The number of aryl methyl sites for hydroxylation is 2. The number of sulfonamides is 1. The zero-order valence-electron chi connectivity index (χ0n) is 12.0. The lowest BCUT2D eigenvalue weighted by molar-refractivity contribution is 0.580. The summed E-state index contributed by atoms with van der Waals surface area (Å²) >= 11 is 5.81. The number of hydrogen-bond acceptors (Lipinski definition) is 3. The first-order valence-electron chi connectivity index (χ1n) is 6.70. The number of rotatable bonds is 6. The van der Waals surface area contributed by atoms with Crippen LogP contribution in [0.15, 0.2) is 35.4 Å². The summed E-state index contributed by atoms with van der Waals surface area (Å²) in [4.78, 5) is 0.237. The van der Waals surface area contributed by atoms with Crippen LogP contribution in [0.5, 0.6) is 0 Å². The largest absolute Gasteiger partial charge is 0.271 e. The van der Waals surface area contributed by atoms with Gasteiger partial charge in [-0.3, -0.25) is 4.68 Å². The van der Waals surface area contributed by atoms with Gasteiger partial charge in [-0.1, -0.05) is 23.7 Å². The number of nitrogens with one attached hydrogen (secondary N) is 1. The van der Waals surface area contributed by atoms with Crippen LogP contribution >= 0.6 is 11.6 Å². The quantitative estimate of drug-likeness (QED) is 0.886. The lowest BCUT2D eigenvalue weighted by atomic mass is 10.2. The monoisotopic (exact) mass is 327 g/mol. The van der Waals surface area contributed by atoms with Crippen molar-refractivity contribution in [3.8, 4) is 0 Å². The van der Waals surface area contributed by atoms with Gasteiger partial charge in [0.15, 0.2) is 0 Å². The second kappa shape index (κ2) is 6.60. The molecule has 2 rings (SSSR count). The molecule has 0 saturated carbocycles. The molecule has 0 aliphatic heterocycles. The fourth-order valence-electron chi connectivity index (χ4n) is 1.98. The molecule has 1 N–H and O–H groups in total.